The third kappa shape index (κ3) is 3.96. The minimum absolute atomic E-state index is 0.274. The first-order valence-electron chi connectivity index (χ1n) is 6.48. The molecule has 0 radical (unpaired) electrons. The minimum atomic E-state index is -0.495. The smallest absolute Gasteiger partial charge is 0.327 e. The number of esters is 1. The number of carbonyl (C=O) groups is 1. The van der Waals surface area contributed by atoms with Gasteiger partial charge in [0.25, 0.3) is 0 Å². The van der Waals surface area contributed by atoms with Crippen molar-refractivity contribution in [2.75, 3.05) is 13.7 Å². The minimum Gasteiger partial charge on any atom is -0.507 e. The Morgan fingerprint density at radius 2 is 1.84 bits per heavy atom. The largest absolute Gasteiger partial charge is 0.507 e. The molecule has 0 aliphatic heterocycles. The van der Waals surface area contributed by atoms with Crippen LogP contribution < -0.4 is 5.32 Å². The number of benzene rings is 1. The lowest BCUT2D eigenvalue weighted by molar-refractivity contribution is -0.143. The van der Waals surface area contributed by atoms with Crippen molar-refractivity contribution < 1.29 is 14.6 Å². The quantitative estimate of drug-likeness (QED) is 0.803. The number of ether oxygens (including phenoxy) is 1. The number of rotatable bonds is 5. The predicted octanol–water partition coefficient (Wildman–Crippen LogP) is 2.47. The van der Waals surface area contributed by atoms with Crippen LogP contribution in [-0.4, -0.2) is 24.7 Å². The second-order valence-electron chi connectivity index (χ2n) is 5.26. The maximum Gasteiger partial charge on any atom is 0.327 e. The summed E-state index contributed by atoms with van der Waals surface area (Å²) in [6.07, 6.45) is 0. The fraction of sp³-hybridized carbons (Fsp3) is 0.533. The van der Waals surface area contributed by atoms with E-state index in [1.807, 2.05) is 26.0 Å². The van der Waals surface area contributed by atoms with Gasteiger partial charge in [-0.2, -0.15) is 0 Å². The van der Waals surface area contributed by atoms with Gasteiger partial charge in [0.15, 0.2) is 0 Å². The lowest BCUT2D eigenvalue weighted by Gasteiger charge is -2.19. The van der Waals surface area contributed by atoms with Crippen LogP contribution in [0.3, 0.4) is 0 Å². The second kappa shape index (κ2) is 6.57. The van der Waals surface area contributed by atoms with Crippen molar-refractivity contribution in [3.8, 4) is 5.75 Å². The normalized spacial score (nSPS) is 12.5. The lowest BCUT2D eigenvalue weighted by atomic mass is 9.99. The van der Waals surface area contributed by atoms with Crippen LogP contribution in [0.4, 0.5) is 0 Å². The molecule has 0 aromatic heterocycles. The van der Waals surface area contributed by atoms with Gasteiger partial charge >= 0.3 is 5.97 Å². The van der Waals surface area contributed by atoms with Crippen LogP contribution in [0.2, 0.25) is 0 Å². The second-order valence-corrected chi connectivity index (χ2v) is 5.26. The van der Waals surface area contributed by atoms with Gasteiger partial charge in [0.2, 0.25) is 0 Å². The molecule has 0 aliphatic rings. The fourth-order valence-corrected chi connectivity index (χ4v) is 1.96. The Balaban J connectivity index is 3.06. The van der Waals surface area contributed by atoms with Gasteiger partial charge in [-0.25, -0.2) is 4.79 Å². The van der Waals surface area contributed by atoms with Gasteiger partial charge < -0.3 is 15.2 Å². The molecule has 0 amide bonds. The maximum atomic E-state index is 11.9. The van der Waals surface area contributed by atoms with Crippen LogP contribution in [0.25, 0.3) is 0 Å². The number of hydrogen-bond acceptors (Lipinski definition) is 4. The maximum absolute atomic E-state index is 11.9. The Labute approximate surface area is 114 Å². The molecule has 0 fully saturated rings. The Hall–Kier alpha value is -1.55. The Morgan fingerprint density at radius 3 is 2.26 bits per heavy atom. The summed E-state index contributed by atoms with van der Waals surface area (Å²) in [7, 11) is 1.38. The Kier molecular flexibility index (Phi) is 5.36. The first-order chi connectivity index (χ1) is 8.86. The van der Waals surface area contributed by atoms with Gasteiger partial charge in [-0.3, -0.25) is 0 Å². The van der Waals surface area contributed by atoms with E-state index in [1.165, 1.54) is 7.11 Å². The zero-order valence-corrected chi connectivity index (χ0v) is 12.3. The first-order valence-corrected chi connectivity index (χ1v) is 6.48. The number of aromatic hydroxyl groups is 1. The molecule has 0 spiro atoms. The highest BCUT2D eigenvalue weighted by atomic mass is 16.5. The van der Waals surface area contributed by atoms with E-state index in [1.54, 1.807) is 0 Å². The zero-order valence-electron chi connectivity index (χ0n) is 12.3. The summed E-state index contributed by atoms with van der Waals surface area (Å²) < 4.78 is 4.85. The van der Waals surface area contributed by atoms with Gasteiger partial charge in [-0.15, -0.1) is 0 Å². The molecule has 4 heteroatoms. The van der Waals surface area contributed by atoms with Gasteiger partial charge in [0.05, 0.1) is 7.11 Å². The van der Waals surface area contributed by atoms with E-state index in [4.69, 9.17) is 4.74 Å². The average molecular weight is 265 g/mol. The van der Waals surface area contributed by atoms with Crippen molar-refractivity contribution >= 4 is 5.97 Å². The Morgan fingerprint density at radius 1 is 1.32 bits per heavy atom. The standard InChI is InChI=1S/C15H23NO3/c1-9(2)8-16-13(15(18)19-5)12-6-10(3)14(17)11(4)7-12/h6-7,9,13,16-17H,8H2,1-5H3. The lowest BCUT2D eigenvalue weighted by Crippen LogP contribution is -2.32. The highest BCUT2D eigenvalue weighted by Crippen LogP contribution is 2.26. The van der Waals surface area contributed by atoms with Crippen LogP contribution in [0.1, 0.15) is 36.6 Å². The number of phenols is 1. The molecule has 2 N–H and O–H groups in total. The first kappa shape index (κ1) is 15.5. The molecule has 1 aromatic rings. The summed E-state index contributed by atoms with van der Waals surface area (Å²) >= 11 is 0. The van der Waals surface area contributed by atoms with Crippen molar-refractivity contribution in [1.29, 1.82) is 0 Å². The van der Waals surface area contributed by atoms with Crippen molar-refractivity contribution in [3.05, 3.63) is 28.8 Å². The van der Waals surface area contributed by atoms with E-state index in [-0.39, 0.29) is 11.7 Å². The summed E-state index contributed by atoms with van der Waals surface area (Å²) in [5, 5.41) is 13.0. The molecule has 1 atom stereocenters. The summed E-state index contributed by atoms with van der Waals surface area (Å²) in [4.78, 5) is 11.9. The summed E-state index contributed by atoms with van der Waals surface area (Å²) in [6.45, 7) is 8.52. The van der Waals surface area contributed by atoms with Crippen LogP contribution in [-0.2, 0) is 9.53 Å². The fourth-order valence-electron chi connectivity index (χ4n) is 1.96. The van der Waals surface area contributed by atoms with Crippen LogP contribution in [0.5, 0.6) is 5.75 Å². The predicted molar refractivity (Wildman–Crippen MR) is 75.2 cm³/mol. The van der Waals surface area contributed by atoms with Crippen LogP contribution >= 0.6 is 0 Å². The van der Waals surface area contributed by atoms with E-state index >= 15 is 0 Å². The number of aryl methyl sites for hydroxylation is 2. The summed E-state index contributed by atoms with van der Waals surface area (Å²) in [5.74, 6) is 0.396. The molecule has 1 rings (SSSR count). The molecule has 4 nitrogen and oxygen atoms in total. The molecule has 106 valence electrons. The number of methoxy groups -OCH3 is 1. The number of hydrogen-bond donors (Lipinski definition) is 2. The number of phenolic OH excluding ortho intramolecular Hbond substituents is 1. The molecule has 0 bridgehead atoms. The van der Waals surface area contributed by atoms with E-state index < -0.39 is 6.04 Å². The molecule has 1 unspecified atom stereocenters. The topological polar surface area (TPSA) is 58.6 Å². The van der Waals surface area contributed by atoms with Crippen LogP contribution in [0.15, 0.2) is 12.1 Å². The SMILES string of the molecule is COC(=O)C(NCC(C)C)c1cc(C)c(O)c(C)c1. The van der Waals surface area contributed by atoms with E-state index in [0.29, 0.717) is 5.92 Å². The van der Waals surface area contributed by atoms with Gasteiger partial charge in [-0.05, 0) is 43.0 Å². The van der Waals surface area contributed by atoms with E-state index in [2.05, 4.69) is 19.2 Å². The summed E-state index contributed by atoms with van der Waals surface area (Å²) in [6, 6.07) is 3.14. The molecule has 0 saturated heterocycles. The van der Waals surface area contributed by atoms with Gasteiger partial charge in [0.1, 0.15) is 11.8 Å². The molecule has 19 heavy (non-hydrogen) atoms. The number of nitrogens with one attached hydrogen (secondary N) is 1. The molecule has 0 heterocycles. The highest BCUT2D eigenvalue weighted by molar-refractivity contribution is 5.78. The van der Waals surface area contributed by atoms with Crippen molar-refractivity contribution in [3.63, 3.8) is 0 Å². The zero-order chi connectivity index (χ0) is 14.6. The molecular formula is C15H23NO3. The molecule has 0 aliphatic carbocycles. The molecule has 0 saturated carbocycles. The molecule has 1 aromatic carbocycles. The molecular weight excluding hydrogens is 242 g/mol. The third-order valence-corrected chi connectivity index (χ3v) is 3.01. The van der Waals surface area contributed by atoms with E-state index in [0.717, 1.165) is 23.2 Å². The number of carbonyl (C=O) groups excluding carboxylic acids is 1. The van der Waals surface area contributed by atoms with Crippen molar-refractivity contribution in [2.24, 2.45) is 5.92 Å². The Bertz CT molecular complexity index is 432. The monoisotopic (exact) mass is 265 g/mol. The summed E-state index contributed by atoms with van der Waals surface area (Å²) in [5.41, 5.74) is 2.34. The third-order valence-electron chi connectivity index (χ3n) is 3.01. The van der Waals surface area contributed by atoms with Crippen molar-refractivity contribution in [2.45, 2.75) is 33.7 Å². The average Bonchev–Trinajstić information content (AvgIpc) is 2.35. The van der Waals surface area contributed by atoms with Gasteiger partial charge in [-0.1, -0.05) is 26.0 Å². The highest BCUT2D eigenvalue weighted by Gasteiger charge is 2.22. The van der Waals surface area contributed by atoms with Crippen LogP contribution in [0, 0.1) is 19.8 Å². The van der Waals surface area contributed by atoms with Crippen molar-refractivity contribution in [1.82, 2.24) is 5.32 Å². The van der Waals surface area contributed by atoms with Gasteiger partial charge in [0, 0.05) is 0 Å². The van der Waals surface area contributed by atoms with E-state index in [9.17, 15) is 9.90 Å².